The summed E-state index contributed by atoms with van der Waals surface area (Å²) in [5, 5.41) is 9.96. The molecule has 1 N–H and O–H groups in total. The molecule has 0 aromatic heterocycles. The maximum Gasteiger partial charge on any atom is 0.120 e. The van der Waals surface area contributed by atoms with Crippen molar-refractivity contribution >= 4 is 11.8 Å². The molecule has 1 fully saturated rings. The zero-order valence-electron chi connectivity index (χ0n) is 10.5. The van der Waals surface area contributed by atoms with Crippen LogP contribution >= 0.6 is 11.8 Å². The fourth-order valence-electron chi connectivity index (χ4n) is 1.95. The number of ether oxygens (including phenoxy) is 1. The van der Waals surface area contributed by atoms with Gasteiger partial charge in [0.25, 0.3) is 0 Å². The van der Waals surface area contributed by atoms with Crippen LogP contribution in [0.1, 0.15) is 32.3 Å². The molecule has 1 unspecified atom stereocenters. The van der Waals surface area contributed by atoms with Crippen LogP contribution in [-0.2, 0) is 5.60 Å². The summed E-state index contributed by atoms with van der Waals surface area (Å²) in [7, 11) is 0. The third kappa shape index (κ3) is 3.65. The average molecular weight is 252 g/mol. The lowest BCUT2D eigenvalue weighted by molar-refractivity contribution is 0.0780. The summed E-state index contributed by atoms with van der Waals surface area (Å²) in [4.78, 5) is 0. The second-order valence-electron chi connectivity index (χ2n) is 5.04. The van der Waals surface area contributed by atoms with Crippen molar-refractivity contribution < 1.29 is 9.84 Å². The van der Waals surface area contributed by atoms with Crippen LogP contribution in [0, 0.1) is 0 Å². The summed E-state index contributed by atoms with van der Waals surface area (Å²) in [6.07, 6.45) is 2.70. The van der Waals surface area contributed by atoms with Crippen molar-refractivity contribution in [3.05, 3.63) is 29.8 Å². The van der Waals surface area contributed by atoms with E-state index in [0.29, 0.717) is 6.10 Å². The van der Waals surface area contributed by atoms with Gasteiger partial charge < -0.3 is 9.84 Å². The van der Waals surface area contributed by atoms with E-state index in [1.165, 1.54) is 12.2 Å². The van der Waals surface area contributed by atoms with E-state index in [1.54, 1.807) is 13.8 Å². The van der Waals surface area contributed by atoms with Gasteiger partial charge in [-0.2, -0.15) is 11.8 Å². The summed E-state index contributed by atoms with van der Waals surface area (Å²) >= 11 is 1.96. The fraction of sp³-hybridized carbons (Fsp3) is 0.571. The molecular formula is C14H20O2S. The van der Waals surface area contributed by atoms with Crippen LogP contribution in [0.5, 0.6) is 5.75 Å². The Balaban J connectivity index is 2.05. The molecule has 1 aromatic carbocycles. The van der Waals surface area contributed by atoms with Crippen molar-refractivity contribution in [3.8, 4) is 5.75 Å². The SMILES string of the molecule is CC(C)(O)c1cccc(OC2CCCSC2)c1. The van der Waals surface area contributed by atoms with Gasteiger partial charge in [-0.05, 0) is 50.1 Å². The number of hydrogen-bond acceptors (Lipinski definition) is 3. The van der Waals surface area contributed by atoms with Gasteiger partial charge in [0.2, 0.25) is 0 Å². The summed E-state index contributed by atoms with van der Waals surface area (Å²) in [6, 6.07) is 7.79. The normalized spacial score (nSPS) is 21.2. The predicted molar refractivity (Wildman–Crippen MR) is 72.7 cm³/mol. The molecular weight excluding hydrogens is 232 g/mol. The van der Waals surface area contributed by atoms with Crippen LogP contribution in [0.15, 0.2) is 24.3 Å². The van der Waals surface area contributed by atoms with Gasteiger partial charge in [-0.15, -0.1) is 0 Å². The third-order valence-electron chi connectivity index (χ3n) is 2.96. The standard InChI is InChI=1S/C14H20O2S/c1-14(2,15)11-5-3-6-12(9-11)16-13-7-4-8-17-10-13/h3,5-6,9,13,15H,4,7-8,10H2,1-2H3. The van der Waals surface area contributed by atoms with Crippen molar-refractivity contribution in [2.24, 2.45) is 0 Å². The molecule has 0 spiro atoms. The maximum atomic E-state index is 9.96. The highest BCUT2D eigenvalue weighted by Crippen LogP contribution is 2.26. The minimum atomic E-state index is -0.805. The first kappa shape index (κ1) is 12.8. The van der Waals surface area contributed by atoms with Crippen molar-refractivity contribution in [1.29, 1.82) is 0 Å². The summed E-state index contributed by atoms with van der Waals surface area (Å²) in [5.41, 5.74) is 0.0965. The van der Waals surface area contributed by atoms with E-state index in [2.05, 4.69) is 0 Å². The molecule has 17 heavy (non-hydrogen) atoms. The third-order valence-corrected chi connectivity index (χ3v) is 4.15. The largest absolute Gasteiger partial charge is 0.490 e. The topological polar surface area (TPSA) is 29.5 Å². The molecule has 1 aromatic rings. The van der Waals surface area contributed by atoms with Gasteiger partial charge in [-0.25, -0.2) is 0 Å². The van der Waals surface area contributed by atoms with E-state index in [4.69, 9.17) is 4.74 Å². The molecule has 1 aliphatic heterocycles. The number of thioether (sulfide) groups is 1. The average Bonchev–Trinajstić information content (AvgIpc) is 2.29. The van der Waals surface area contributed by atoms with Crippen molar-refractivity contribution in [2.75, 3.05) is 11.5 Å². The van der Waals surface area contributed by atoms with Crippen molar-refractivity contribution in [3.63, 3.8) is 0 Å². The van der Waals surface area contributed by atoms with E-state index in [1.807, 2.05) is 36.0 Å². The van der Waals surface area contributed by atoms with Gasteiger partial charge >= 0.3 is 0 Å². The van der Waals surface area contributed by atoms with Crippen LogP contribution in [-0.4, -0.2) is 22.7 Å². The minimum Gasteiger partial charge on any atom is -0.490 e. The first-order valence-corrected chi connectivity index (χ1v) is 7.28. The van der Waals surface area contributed by atoms with E-state index >= 15 is 0 Å². The highest BCUT2D eigenvalue weighted by molar-refractivity contribution is 7.99. The molecule has 2 rings (SSSR count). The molecule has 2 nitrogen and oxygen atoms in total. The predicted octanol–water partition coefficient (Wildman–Crippen LogP) is 3.19. The van der Waals surface area contributed by atoms with Crippen molar-refractivity contribution in [1.82, 2.24) is 0 Å². The van der Waals surface area contributed by atoms with E-state index in [0.717, 1.165) is 23.5 Å². The molecule has 0 radical (unpaired) electrons. The van der Waals surface area contributed by atoms with Gasteiger partial charge in [0.1, 0.15) is 11.9 Å². The second kappa shape index (κ2) is 5.32. The number of benzene rings is 1. The Bertz CT molecular complexity index is 365. The summed E-state index contributed by atoms with van der Waals surface area (Å²) in [6.45, 7) is 3.59. The number of hydrogen-bond donors (Lipinski definition) is 1. The molecule has 1 heterocycles. The molecule has 0 aliphatic carbocycles. The Hall–Kier alpha value is -0.670. The Morgan fingerprint density at radius 3 is 2.88 bits per heavy atom. The molecule has 94 valence electrons. The van der Waals surface area contributed by atoms with Gasteiger partial charge in [0, 0.05) is 5.75 Å². The molecule has 1 aliphatic rings. The lowest BCUT2D eigenvalue weighted by atomic mass is 9.98. The number of aliphatic hydroxyl groups is 1. The highest BCUT2D eigenvalue weighted by Gasteiger charge is 2.18. The lowest BCUT2D eigenvalue weighted by Gasteiger charge is -2.24. The Labute approximate surface area is 107 Å². The van der Waals surface area contributed by atoms with Gasteiger partial charge in [-0.1, -0.05) is 12.1 Å². The van der Waals surface area contributed by atoms with Crippen LogP contribution < -0.4 is 4.74 Å². The van der Waals surface area contributed by atoms with Gasteiger partial charge in [0.05, 0.1) is 5.60 Å². The summed E-state index contributed by atoms with van der Waals surface area (Å²) < 4.78 is 5.96. The smallest absolute Gasteiger partial charge is 0.120 e. The van der Waals surface area contributed by atoms with Crippen molar-refractivity contribution in [2.45, 2.75) is 38.4 Å². The Kier molecular flexibility index (Phi) is 4.00. The second-order valence-corrected chi connectivity index (χ2v) is 6.19. The number of rotatable bonds is 3. The first-order chi connectivity index (χ1) is 8.05. The van der Waals surface area contributed by atoms with E-state index < -0.39 is 5.60 Å². The van der Waals surface area contributed by atoms with Gasteiger partial charge in [-0.3, -0.25) is 0 Å². The molecule has 0 saturated carbocycles. The molecule has 1 saturated heterocycles. The van der Waals surface area contributed by atoms with E-state index in [9.17, 15) is 5.11 Å². The van der Waals surface area contributed by atoms with Crippen LogP contribution in [0.2, 0.25) is 0 Å². The zero-order valence-corrected chi connectivity index (χ0v) is 11.3. The molecule has 0 amide bonds. The van der Waals surface area contributed by atoms with Gasteiger partial charge in [0.15, 0.2) is 0 Å². The fourth-order valence-corrected chi connectivity index (χ4v) is 2.98. The molecule has 1 atom stereocenters. The minimum absolute atomic E-state index is 0.325. The lowest BCUT2D eigenvalue weighted by Crippen LogP contribution is -2.23. The van der Waals surface area contributed by atoms with Crippen LogP contribution in [0.4, 0.5) is 0 Å². The van der Waals surface area contributed by atoms with E-state index in [-0.39, 0.29) is 0 Å². The molecule has 3 heteroatoms. The maximum absolute atomic E-state index is 9.96. The summed E-state index contributed by atoms with van der Waals surface area (Å²) in [5.74, 6) is 3.20. The Morgan fingerprint density at radius 1 is 1.41 bits per heavy atom. The molecule has 0 bridgehead atoms. The van der Waals surface area contributed by atoms with Crippen LogP contribution in [0.3, 0.4) is 0 Å². The Morgan fingerprint density at radius 2 is 2.24 bits per heavy atom. The van der Waals surface area contributed by atoms with Crippen LogP contribution in [0.25, 0.3) is 0 Å². The quantitative estimate of drug-likeness (QED) is 0.896. The first-order valence-electron chi connectivity index (χ1n) is 6.13. The zero-order chi connectivity index (χ0) is 12.3. The monoisotopic (exact) mass is 252 g/mol. The highest BCUT2D eigenvalue weighted by atomic mass is 32.2.